The van der Waals surface area contributed by atoms with Gasteiger partial charge in [0.2, 0.25) is 0 Å². The van der Waals surface area contributed by atoms with E-state index in [4.69, 9.17) is 5.84 Å². The molecule has 0 aliphatic heterocycles. The summed E-state index contributed by atoms with van der Waals surface area (Å²) in [6, 6.07) is 0.563. The minimum atomic E-state index is 0.512. The second-order valence-electron chi connectivity index (χ2n) is 6.91. The molecule has 0 radical (unpaired) electrons. The number of hydrogen-bond acceptors (Lipinski definition) is 2. The molecule has 0 aromatic heterocycles. The Hall–Kier alpha value is -0.0800. The van der Waals surface area contributed by atoms with E-state index < -0.39 is 0 Å². The molecule has 0 saturated heterocycles. The van der Waals surface area contributed by atoms with Gasteiger partial charge in [0.1, 0.15) is 0 Å². The van der Waals surface area contributed by atoms with Crippen LogP contribution in [0.25, 0.3) is 0 Å². The molecule has 0 spiro atoms. The van der Waals surface area contributed by atoms with E-state index in [9.17, 15) is 0 Å². The van der Waals surface area contributed by atoms with Gasteiger partial charge >= 0.3 is 0 Å². The van der Waals surface area contributed by atoms with Gasteiger partial charge in [-0.25, -0.2) is 0 Å². The van der Waals surface area contributed by atoms with Crippen molar-refractivity contribution in [3.63, 3.8) is 0 Å². The lowest BCUT2D eigenvalue weighted by molar-refractivity contribution is 0.145. The third-order valence-electron chi connectivity index (χ3n) is 4.92. The molecular formula is C15H30N2. The van der Waals surface area contributed by atoms with Crippen molar-refractivity contribution < 1.29 is 0 Å². The molecule has 2 aliphatic rings. The lowest BCUT2D eigenvalue weighted by Crippen LogP contribution is -2.48. The third kappa shape index (κ3) is 3.45. The smallest absolute Gasteiger partial charge is 0.0267 e. The maximum absolute atomic E-state index is 5.87. The van der Waals surface area contributed by atoms with Crippen LogP contribution in [0.3, 0.4) is 0 Å². The van der Waals surface area contributed by atoms with Crippen molar-refractivity contribution in [2.24, 2.45) is 23.1 Å². The molecule has 100 valence electrons. The minimum Gasteiger partial charge on any atom is -0.271 e. The summed E-state index contributed by atoms with van der Waals surface area (Å²) in [6.45, 7) is 4.71. The first-order chi connectivity index (χ1) is 8.16. The monoisotopic (exact) mass is 238 g/mol. The van der Waals surface area contributed by atoms with Crippen LogP contribution in [-0.2, 0) is 0 Å². The van der Waals surface area contributed by atoms with Crippen LogP contribution in [0.15, 0.2) is 0 Å². The summed E-state index contributed by atoms with van der Waals surface area (Å²) in [5, 5.41) is 0. The summed E-state index contributed by atoms with van der Waals surface area (Å²) < 4.78 is 0. The van der Waals surface area contributed by atoms with Crippen LogP contribution in [0.2, 0.25) is 0 Å². The van der Waals surface area contributed by atoms with Crippen LogP contribution in [0.1, 0.15) is 71.6 Å². The Kier molecular flexibility index (Phi) is 4.48. The van der Waals surface area contributed by atoms with E-state index in [1.54, 1.807) is 0 Å². The van der Waals surface area contributed by atoms with E-state index in [-0.39, 0.29) is 0 Å². The van der Waals surface area contributed by atoms with Crippen LogP contribution in [0.5, 0.6) is 0 Å². The molecule has 0 heterocycles. The Bertz CT molecular complexity index is 227. The Morgan fingerprint density at radius 3 is 2.35 bits per heavy atom. The van der Waals surface area contributed by atoms with E-state index >= 15 is 0 Å². The van der Waals surface area contributed by atoms with Crippen molar-refractivity contribution in [3.05, 3.63) is 0 Å². The standard InChI is InChI=1S/C15H30N2/c1-12(2)11-15(9-3-4-10-15)14(17-16)8-7-13-5-6-13/h12-14,17H,3-11,16H2,1-2H3. The van der Waals surface area contributed by atoms with Gasteiger partial charge < -0.3 is 0 Å². The van der Waals surface area contributed by atoms with Gasteiger partial charge in [0.25, 0.3) is 0 Å². The molecule has 2 saturated carbocycles. The maximum Gasteiger partial charge on any atom is 0.0267 e. The maximum atomic E-state index is 5.87. The molecule has 0 aromatic carbocycles. The summed E-state index contributed by atoms with van der Waals surface area (Å²) in [5.74, 6) is 7.70. The van der Waals surface area contributed by atoms with E-state index in [2.05, 4.69) is 19.3 Å². The summed E-state index contributed by atoms with van der Waals surface area (Å²) in [4.78, 5) is 0. The third-order valence-corrected chi connectivity index (χ3v) is 4.92. The predicted molar refractivity (Wildman–Crippen MR) is 73.4 cm³/mol. The summed E-state index contributed by atoms with van der Waals surface area (Å²) >= 11 is 0. The fourth-order valence-corrected chi connectivity index (χ4v) is 3.96. The van der Waals surface area contributed by atoms with Gasteiger partial charge in [0, 0.05) is 6.04 Å². The number of rotatable bonds is 7. The molecule has 0 bridgehead atoms. The van der Waals surface area contributed by atoms with Gasteiger partial charge in [-0.15, -0.1) is 0 Å². The quantitative estimate of drug-likeness (QED) is 0.525. The highest BCUT2D eigenvalue weighted by Crippen LogP contribution is 2.47. The fourth-order valence-electron chi connectivity index (χ4n) is 3.96. The Morgan fingerprint density at radius 1 is 1.24 bits per heavy atom. The number of nitrogens with two attached hydrogens (primary N) is 1. The predicted octanol–water partition coefficient (Wildman–Crippen LogP) is 3.62. The number of hydrogen-bond donors (Lipinski definition) is 2. The molecule has 2 rings (SSSR count). The molecule has 2 aliphatic carbocycles. The van der Waals surface area contributed by atoms with Crippen molar-refractivity contribution in [3.8, 4) is 0 Å². The zero-order valence-electron chi connectivity index (χ0n) is 11.7. The van der Waals surface area contributed by atoms with Crippen molar-refractivity contribution in [1.29, 1.82) is 0 Å². The van der Waals surface area contributed by atoms with Crippen molar-refractivity contribution in [2.45, 2.75) is 77.7 Å². The SMILES string of the molecule is CC(C)CC1(C(CCC2CC2)NN)CCCC1. The Balaban J connectivity index is 1.94. The van der Waals surface area contributed by atoms with Crippen LogP contribution >= 0.6 is 0 Å². The van der Waals surface area contributed by atoms with E-state index in [0.29, 0.717) is 11.5 Å². The lowest BCUT2D eigenvalue weighted by Gasteiger charge is -2.39. The van der Waals surface area contributed by atoms with Crippen molar-refractivity contribution in [2.75, 3.05) is 0 Å². The van der Waals surface area contributed by atoms with Crippen molar-refractivity contribution in [1.82, 2.24) is 5.43 Å². The molecule has 0 amide bonds. The van der Waals surface area contributed by atoms with Gasteiger partial charge in [-0.2, -0.15) is 0 Å². The first-order valence-electron chi connectivity index (χ1n) is 7.62. The molecular weight excluding hydrogens is 208 g/mol. The summed E-state index contributed by atoms with van der Waals surface area (Å²) in [7, 11) is 0. The summed E-state index contributed by atoms with van der Waals surface area (Å²) in [6.07, 6.45) is 12.6. The van der Waals surface area contributed by atoms with Crippen LogP contribution < -0.4 is 11.3 Å². The van der Waals surface area contributed by atoms with Gasteiger partial charge in [-0.05, 0) is 49.4 Å². The molecule has 2 fully saturated rings. The highest BCUT2D eigenvalue weighted by atomic mass is 15.2. The zero-order valence-corrected chi connectivity index (χ0v) is 11.7. The van der Waals surface area contributed by atoms with Gasteiger partial charge in [0.15, 0.2) is 0 Å². The van der Waals surface area contributed by atoms with E-state index in [0.717, 1.165) is 11.8 Å². The van der Waals surface area contributed by atoms with Gasteiger partial charge in [0.05, 0.1) is 0 Å². The van der Waals surface area contributed by atoms with Crippen LogP contribution in [0, 0.1) is 17.3 Å². The second-order valence-corrected chi connectivity index (χ2v) is 6.91. The first-order valence-corrected chi connectivity index (χ1v) is 7.62. The van der Waals surface area contributed by atoms with Crippen LogP contribution in [-0.4, -0.2) is 6.04 Å². The van der Waals surface area contributed by atoms with E-state index in [1.165, 1.54) is 57.8 Å². The Morgan fingerprint density at radius 2 is 1.88 bits per heavy atom. The Labute approximate surface area is 107 Å². The molecule has 17 heavy (non-hydrogen) atoms. The van der Waals surface area contributed by atoms with E-state index in [1.807, 2.05) is 0 Å². The lowest BCUT2D eigenvalue weighted by atomic mass is 9.71. The molecule has 1 unspecified atom stereocenters. The topological polar surface area (TPSA) is 38.0 Å². The average Bonchev–Trinajstić information content (AvgIpc) is 2.99. The zero-order chi connectivity index (χ0) is 12.3. The summed E-state index contributed by atoms with van der Waals surface area (Å²) in [5.41, 5.74) is 3.69. The minimum absolute atomic E-state index is 0.512. The molecule has 1 atom stereocenters. The van der Waals surface area contributed by atoms with Gasteiger partial charge in [-0.3, -0.25) is 11.3 Å². The molecule has 0 aromatic rings. The number of hydrazine groups is 1. The highest BCUT2D eigenvalue weighted by molar-refractivity contribution is 4.95. The van der Waals surface area contributed by atoms with Crippen molar-refractivity contribution >= 4 is 0 Å². The second kappa shape index (κ2) is 5.71. The van der Waals surface area contributed by atoms with Gasteiger partial charge in [-0.1, -0.05) is 39.5 Å². The largest absolute Gasteiger partial charge is 0.271 e. The fraction of sp³-hybridized carbons (Fsp3) is 1.00. The molecule has 2 heteroatoms. The van der Waals surface area contributed by atoms with Crippen LogP contribution in [0.4, 0.5) is 0 Å². The normalized spacial score (nSPS) is 25.4. The average molecular weight is 238 g/mol. The first kappa shape index (κ1) is 13.4. The molecule has 2 nitrogen and oxygen atoms in total. The number of nitrogens with one attached hydrogen (secondary N) is 1. The highest BCUT2D eigenvalue weighted by Gasteiger charge is 2.41. The molecule has 3 N–H and O–H groups in total.